The van der Waals surface area contributed by atoms with Crippen molar-refractivity contribution in [1.29, 1.82) is 0 Å². The van der Waals surface area contributed by atoms with Crippen molar-refractivity contribution >= 4 is 11.2 Å². The first-order valence-corrected chi connectivity index (χ1v) is 8.97. The van der Waals surface area contributed by atoms with E-state index in [-0.39, 0.29) is 0 Å². The Kier molecular flexibility index (Phi) is 4.08. The molecule has 2 aromatic carbocycles. The molecule has 0 N–H and O–H groups in total. The molecule has 3 heteroatoms. The summed E-state index contributed by atoms with van der Waals surface area (Å²) < 4.78 is 2.14. The van der Waals surface area contributed by atoms with Gasteiger partial charge < -0.3 is 4.57 Å². The Labute approximate surface area is 154 Å². The van der Waals surface area contributed by atoms with Crippen LogP contribution < -0.4 is 0 Å². The first-order chi connectivity index (χ1) is 12.5. The zero-order valence-electron chi connectivity index (χ0n) is 15.7. The number of aromatic nitrogens is 3. The van der Waals surface area contributed by atoms with Gasteiger partial charge in [0.2, 0.25) is 0 Å². The highest BCUT2D eigenvalue weighted by Gasteiger charge is 2.15. The quantitative estimate of drug-likeness (QED) is 0.501. The second kappa shape index (κ2) is 6.41. The summed E-state index contributed by atoms with van der Waals surface area (Å²) in [6, 6.07) is 17.1. The molecule has 0 aliphatic heterocycles. The SMILES string of the molecule is Cc1cc(C)c(-c2cc(C)nc3c2ncn3Cc2ccccc2)c(C)c1. The van der Waals surface area contributed by atoms with Crippen molar-refractivity contribution in [2.45, 2.75) is 34.2 Å². The van der Waals surface area contributed by atoms with Gasteiger partial charge in [0.05, 0.1) is 12.9 Å². The van der Waals surface area contributed by atoms with Crippen LogP contribution in [0.3, 0.4) is 0 Å². The van der Waals surface area contributed by atoms with Crippen molar-refractivity contribution in [2.75, 3.05) is 0 Å². The predicted octanol–water partition coefficient (Wildman–Crippen LogP) is 5.38. The fraction of sp³-hybridized carbons (Fsp3) is 0.217. The number of nitrogens with zero attached hydrogens (tertiary/aromatic N) is 3. The minimum absolute atomic E-state index is 0.777. The molecule has 0 saturated carbocycles. The van der Waals surface area contributed by atoms with Crippen LogP contribution in [0.4, 0.5) is 0 Å². The summed E-state index contributed by atoms with van der Waals surface area (Å²) in [7, 11) is 0. The Hall–Kier alpha value is -2.94. The molecule has 0 fully saturated rings. The minimum Gasteiger partial charge on any atom is -0.311 e. The fourth-order valence-corrected chi connectivity index (χ4v) is 3.85. The van der Waals surface area contributed by atoms with Gasteiger partial charge in [-0.3, -0.25) is 0 Å². The van der Waals surface area contributed by atoms with Crippen LogP contribution in [-0.2, 0) is 6.54 Å². The first-order valence-electron chi connectivity index (χ1n) is 8.97. The Morgan fingerprint density at radius 3 is 2.27 bits per heavy atom. The number of imidazole rings is 1. The highest BCUT2D eigenvalue weighted by atomic mass is 15.1. The van der Waals surface area contributed by atoms with Crippen LogP contribution in [0, 0.1) is 27.7 Å². The standard InChI is InChI=1S/C23H23N3/c1-15-10-16(2)21(17(3)11-15)20-12-18(4)25-23-22(20)24-14-26(23)13-19-8-6-5-7-9-19/h5-12,14H,13H2,1-4H3. The molecule has 0 amide bonds. The Balaban J connectivity index is 1.90. The minimum atomic E-state index is 0.777. The van der Waals surface area contributed by atoms with Gasteiger partial charge in [0.25, 0.3) is 0 Å². The molecule has 0 aliphatic rings. The largest absolute Gasteiger partial charge is 0.311 e. The summed E-state index contributed by atoms with van der Waals surface area (Å²) in [6.45, 7) is 9.34. The maximum absolute atomic E-state index is 4.80. The highest BCUT2D eigenvalue weighted by molar-refractivity contribution is 5.92. The van der Waals surface area contributed by atoms with Crippen LogP contribution >= 0.6 is 0 Å². The summed E-state index contributed by atoms with van der Waals surface area (Å²) >= 11 is 0. The molecule has 130 valence electrons. The molecule has 0 atom stereocenters. The van der Waals surface area contributed by atoms with E-state index >= 15 is 0 Å². The number of pyridine rings is 1. The summed E-state index contributed by atoms with van der Waals surface area (Å²) in [5.74, 6) is 0. The molecule has 2 heterocycles. The van der Waals surface area contributed by atoms with Crippen LogP contribution in [0.25, 0.3) is 22.3 Å². The van der Waals surface area contributed by atoms with Crippen LogP contribution in [0.2, 0.25) is 0 Å². The van der Waals surface area contributed by atoms with Crippen molar-refractivity contribution in [2.24, 2.45) is 0 Å². The zero-order chi connectivity index (χ0) is 18.3. The molecule has 0 saturated heterocycles. The molecule has 0 aliphatic carbocycles. The van der Waals surface area contributed by atoms with Gasteiger partial charge in [0.1, 0.15) is 5.52 Å². The number of hydrogen-bond donors (Lipinski definition) is 0. The Morgan fingerprint density at radius 2 is 1.58 bits per heavy atom. The molecule has 2 aromatic heterocycles. The van der Waals surface area contributed by atoms with Gasteiger partial charge in [-0.2, -0.15) is 0 Å². The maximum Gasteiger partial charge on any atom is 0.160 e. The average Bonchev–Trinajstić information content (AvgIpc) is 2.97. The van der Waals surface area contributed by atoms with E-state index in [1.165, 1.54) is 33.4 Å². The van der Waals surface area contributed by atoms with Crippen molar-refractivity contribution in [3.8, 4) is 11.1 Å². The van der Waals surface area contributed by atoms with Crippen molar-refractivity contribution < 1.29 is 0 Å². The molecule has 26 heavy (non-hydrogen) atoms. The van der Waals surface area contributed by atoms with Crippen molar-refractivity contribution in [3.63, 3.8) is 0 Å². The fourth-order valence-electron chi connectivity index (χ4n) is 3.85. The van der Waals surface area contributed by atoms with E-state index in [9.17, 15) is 0 Å². The van der Waals surface area contributed by atoms with E-state index in [0.29, 0.717) is 0 Å². The number of aryl methyl sites for hydroxylation is 4. The molecule has 0 bridgehead atoms. The number of rotatable bonds is 3. The number of fused-ring (bicyclic) bond motifs is 1. The van der Waals surface area contributed by atoms with E-state index < -0.39 is 0 Å². The van der Waals surface area contributed by atoms with Crippen molar-refractivity contribution in [1.82, 2.24) is 14.5 Å². The van der Waals surface area contributed by atoms with Crippen LogP contribution in [-0.4, -0.2) is 14.5 Å². The molecular weight excluding hydrogens is 318 g/mol. The van der Waals surface area contributed by atoms with Gasteiger partial charge in [-0.1, -0.05) is 48.0 Å². The topological polar surface area (TPSA) is 30.7 Å². The Morgan fingerprint density at radius 1 is 0.885 bits per heavy atom. The molecule has 0 radical (unpaired) electrons. The molecular formula is C23H23N3. The monoisotopic (exact) mass is 341 g/mol. The lowest BCUT2D eigenvalue weighted by Crippen LogP contribution is -2.00. The average molecular weight is 341 g/mol. The third-order valence-electron chi connectivity index (χ3n) is 4.84. The second-order valence-electron chi connectivity index (χ2n) is 7.12. The summed E-state index contributed by atoms with van der Waals surface area (Å²) in [5.41, 5.74) is 10.5. The van der Waals surface area contributed by atoms with Gasteiger partial charge in [0, 0.05) is 11.3 Å². The van der Waals surface area contributed by atoms with Crippen LogP contribution in [0.15, 0.2) is 54.9 Å². The van der Waals surface area contributed by atoms with Gasteiger partial charge in [-0.25, -0.2) is 9.97 Å². The third kappa shape index (κ3) is 2.90. The van der Waals surface area contributed by atoms with Gasteiger partial charge in [-0.15, -0.1) is 0 Å². The number of benzene rings is 2. The van der Waals surface area contributed by atoms with Crippen LogP contribution in [0.5, 0.6) is 0 Å². The van der Waals surface area contributed by atoms with E-state index in [0.717, 1.165) is 23.4 Å². The van der Waals surface area contributed by atoms with Crippen molar-refractivity contribution in [3.05, 3.63) is 82.8 Å². The molecule has 0 spiro atoms. The zero-order valence-corrected chi connectivity index (χ0v) is 15.7. The van der Waals surface area contributed by atoms with Gasteiger partial charge in [0.15, 0.2) is 5.65 Å². The van der Waals surface area contributed by atoms with E-state index in [1.807, 2.05) is 12.4 Å². The van der Waals surface area contributed by atoms with Gasteiger partial charge in [-0.05, 0) is 56.0 Å². The summed E-state index contributed by atoms with van der Waals surface area (Å²) in [4.78, 5) is 9.53. The lowest BCUT2D eigenvalue weighted by molar-refractivity contribution is 0.812. The second-order valence-corrected chi connectivity index (χ2v) is 7.12. The predicted molar refractivity (Wildman–Crippen MR) is 107 cm³/mol. The van der Waals surface area contributed by atoms with E-state index in [2.05, 4.69) is 74.7 Å². The molecule has 4 aromatic rings. The Bertz CT molecular complexity index is 1070. The highest BCUT2D eigenvalue weighted by Crippen LogP contribution is 2.33. The molecule has 4 rings (SSSR count). The molecule has 0 unspecified atom stereocenters. The lowest BCUT2D eigenvalue weighted by atomic mass is 9.93. The van der Waals surface area contributed by atoms with E-state index in [4.69, 9.17) is 9.97 Å². The number of hydrogen-bond acceptors (Lipinski definition) is 2. The maximum atomic E-state index is 4.80. The lowest BCUT2D eigenvalue weighted by Gasteiger charge is -2.13. The smallest absolute Gasteiger partial charge is 0.160 e. The summed E-state index contributed by atoms with van der Waals surface area (Å²) in [5, 5.41) is 0. The normalized spacial score (nSPS) is 11.2. The van der Waals surface area contributed by atoms with Gasteiger partial charge >= 0.3 is 0 Å². The van der Waals surface area contributed by atoms with E-state index in [1.54, 1.807) is 0 Å². The summed E-state index contributed by atoms with van der Waals surface area (Å²) in [6.07, 6.45) is 1.91. The molecule has 3 nitrogen and oxygen atoms in total. The van der Waals surface area contributed by atoms with Crippen LogP contribution in [0.1, 0.15) is 27.9 Å². The first kappa shape index (κ1) is 16.5. The third-order valence-corrected chi connectivity index (χ3v) is 4.84.